The monoisotopic (exact) mass is 295 g/mol. The number of nitrogens with one attached hydrogen (secondary N) is 1. The van der Waals surface area contributed by atoms with E-state index >= 15 is 0 Å². The minimum Gasteiger partial charge on any atom is -0.491 e. The summed E-state index contributed by atoms with van der Waals surface area (Å²) in [5.41, 5.74) is 0.505. The molecule has 1 fully saturated rings. The van der Waals surface area contributed by atoms with E-state index in [0.717, 1.165) is 11.3 Å². The Labute approximate surface area is 126 Å². The number of rotatable bonds is 8. The van der Waals surface area contributed by atoms with E-state index in [2.05, 4.69) is 5.32 Å². The molecule has 2 rings (SSSR count). The Morgan fingerprint density at radius 1 is 1.29 bits per heavy atom. The van der Waals surface area contributed by atoms with Gasteiger partial charge in [0.2, 0.25) is 0 Å². The molecule has 0 spiro atoms. The molecule has 0 aromatic heterocycles. The smallest absolute Gasteiger partial charge is 0.119 e. The zero-order valence-corrected chi connectivity index (χ0v) is 12.6. The van der Waals surface area contributed by atoms with E-state index in [-0.39, 0.29) is 0 Å². The lowest BCUT2D eigenvalue weighted by Gasteiger charge is -2.32. The van der Waals surface area contributed by atoms with Crippen molar-refractivity contribution in [2.45, 2.75) is 25.0 Å². The Morgan fingerprint density at radius 3 is 2.86 bits per heavy atom. The van der Waals surface area contributed by atoms with Gasteiger partial charge in [-0.05, 0) is 17.7 Å². The third kappa shape index (κ3) is 5.63. The van der Waals surface area contributed by atoms with Crippen molar-refractivity contribution in [2.75, 3.05) is 40.1 Å². The van der Waals surface area contributed by atoms with Crippen molar-refractivity contribution in [3.05, 3.63) is 29.8 Å². The van der Waals surface area contributed by atoms with E-state index in [0.29, 0.717) is 52.4 Å². The van der Waals surface area contributed by atoms with Crippen LogP contribution in [0.4, 0.5) is 0 Å². The van der Waals surface area contributed by atoms with Crippen LogP contribution in [0.15, 0.2) is 24.3 Å². The molecule has 5 nitrogen and oxygen atoms in total. The van der Waals surface area contributed by atoms with E-state index in [1.807, 2.05) is 24.3 Å². The van der Waals surface area contributed by atoms with Crippen LogP contribution in [0.2, 0.25) is 0 Å². The van der Waals surface area contributed by atoms with Gasteiger partial charge in [-0.3, -0.25) is 0 Å². The van der Waals surface area contributed by atoms with Gasteiger partial charge in [-0.25, -0.2) is 0 Å². The standard InChI is InChI=1S/C16H25NO4/c1-19-9-10-21-15-4-2-3-14(11-15)12-17-13-16(18)5-7-20-8-6-16/h2-4,11,17-18H,5-10,12-13H2,1H3. The molecule has 2 N–H and O–H groups in total. The van der Waals surface area contributed by atoms with Crippen molar-refractivity contribution in [1.29, 1.82) is 0 Å². The molecule has 0 radical (unpaired) electrons. The van der Waals surface area contributed by atoms with Crippen LogP contribution in [0, 0.1) is 0 Å². The molecule has 0 bridgehead atoms. The van der Waals surface area contributed by atoms with Crippen LogP contribution < -0.4 is 10.1 Å². The molecule has 1 aromatic rings. The fourth-order valence-corrected chi connectivity index (χ4v) is 2.36. The highest BCUT2D eigenvalue weighted by molar-refractivity contribution is 5.28. The van der Waals surface area contributed by atoms with Crippen LogP contribution in [0.3, 0.4) is 0 Å². The van der Waals surface area contributed by atoms with Crippen LogP contribution in [0.5, 0.6) is 5.75 Å². The zero-order valence-electron chi connectivity index (χ0n) is 12.6. The summed E-state index contributed by atoms with van der Waals surface area (Å²) < 4.78 is 15.8. The molecular formula is C16H25NO4. The van der Waals surface area contributed by atoms with Gasteiger partial charge in [-0.2, -0.15) is 0 Å². The van der Waals surface area contributed by atoms with Gasteiger partial charge in [-0.1, -0.05) is 12.1 Å². The maximum atomic E-state index is 10.4. The second kappa shape index (κ2) is 8.34. The predicted molar refractivity (Wildman–Crippen MR) is 80.5 cm³/mol. The van der Waals surface area contributed by atoms with Crippen molar-refractivity contribution in [3.63, 3.8) is 0 Å². The second-order valence-electron chi connectivity index (χ2n) is 5.43. The third-order valence-electron chi connectivity index (χ3n) is 3.66. The molecule has 1 saturated heterocycles. The van der Waals surface area contributed by atoms with E-state index in [9.17, 15) is 5.11 Å². The summed E-state index contributed by atoms with van der Waals surface area (Å²) in [4.78, 5) is 0. The molecule has 0 saturated carbocycles. The van der Waals surface area contributed by atoms with Crippen LogP contribution >= 0.6 is 0 Å². The number of benzene rings is 1. The molecule has 1 heterocycles. The van der Waals surface area contributed by atoms with Gasteiger partial charge >= 0.3 is 0 Å². The molecule has 0 aliphatic carbocycles. The van der Waals surface area contributed by atoms with E-state index in [1.165, 1.54) is 0 Å². The summed E-state index contributed by atoms with van der Waals surface area (Å²) in [7, 11) is 1.66. The highest BCUT2D eigenvalue weighted by Gasteiger charge is 2.28. The lowest BCUT2D eigenvalue weighted by atomic mass is 9.94. The average molecular weight is 295 g/mol. The molecule has 0 atom stereocenters. The Bertz CT molecular complexity index is 418. The molecule has 1 aliphatic rings. The Balaban J connectivity index is 1.76. The summed E-state index contributed by atoms with van der Waals surface area (Å²) in [5, 5.41) is 13.7. The van der Waals surface area contributed by atoms with Crippen LogP contribution in [0.25, 0.3) is 0 Å². The van der Waals surface area contributed by atoms with Gasteiger partial charge in [0.1, 0.15) is 12.4 Å². The Hall–Kier alpha value is -1.14. The predicted octanol–water partition coefficient (Wildman–Crippen LogP) is 1.34. The Kier molecular flexibility index (Phi) is 6.45. The van der Waals surface area contributed by atoms with Crippen LogP contribution in [-0.2, 0) is 16.0 Å². The number of ether oxygens (including phenoxy) is 3. The number of hydrogen-bond acceptors (Lipinski definition) is 5. The van der Waals surface area contributed by atoms with Crippen LogP contribution in [0.1, 0.15) is 18.4 Å². The molecule has 21 heavy (non-hydrogen) atoms. The van der Waals surface area contributed by atoms with Gasteiger partial charge < -0.3 is 24.6 Å². The lowest BCUT2D eigenvalue weighted by molar-refractivity contribution is -0.0617. The van der Waals surface area contributed by atoms with Crippen molar-refractivity contribution < 1.29 is 19.3 Å². The molecule has 0 unspecified atom stereocenters. The fourth-order valence-electron chi connectivity index (χ4n) is 2.36. The van der Waals surface area contributed by atoms with Gasteiger partial charge in [0.05, 0.1) is 12.2 Å². The van der Waals surface area contributed by atoms with Crippen LogP contribution in [-0.4, -0.2) is 50.8 Å². The highest BCUT2D eigenvalue weighted by atomic mass is 16.5. The third-order valence-corrected chi connectivity index (χ3v) is 3.66. The average Bonchev–Trinajstić information content (AvgIpc) is 2.49. The fraction of sp³-hybridized carbons (Fsp3) is 0.625. The van der Waals surface area contributed by atoms with Gasteiger partial charge in [0, 0.05) is 46.3 Å². The lowest BCUT2D eigenvalue weighted by Crippen LogP contribution is -2.44. The first-order valence-corrected chi connectivity index (χ1v) is 7.43. The summed E-state index contributed by atoms with van der Waals surface area (Å²) >= 11 is 0. The number of methoxy groups -OCH3 is 1. The van der Waals surface area contributed by atoms with E-state index < -0.39 is 5.60 Å². The first kappa shape index (κ1) is 16.2. The number of aliphatic hydroxyl groups is 1. The molecule has 0 amide bonds. The maximum Gasteiger partial charge on any atom is 0.119 e. The normalized spacial score (nSPS) is 17.6. The minimum atomic E-state index is -0.634. The van der Waals surface area contributed by atoms with Gasteiger partial charge in [-0.15, -0.1) is 0 Å². The number of hydrogen-bond donors (Lipinski definition) is 2. The SMILES string of the molecule is COCCOc1cccc(CNCC2(O)CCOCC2)c1. The topological polar surface area (TPSA) is 60.0 Å². The van der Waals surface area contributed by atoms with Gasteiger partial charge in [0.15, 0.2) is 0 Å². The van der Waals surface area contributed by atoms with E-state index in [4.69, 9.17) is 14.2 Å². The van der Waals surface area contributed by atoms with Crippen molar-refractivity contribution >= 4 is 0 Å². The van der Waals surface area contributed by atoms with Crippen molar-refractivity contribution in [2.24, 2.45) is 0 Å². The van der Waals surface area contributed by atoms with Gasteiger partial charge in [0.25, 0.3) is 0 Å². The molecule has 118 valence electrons. The first-order chi connectivity index (χ1) is 10.2. The van der Waals surface area contributed by atoms with Crippen molar-refractivity contribution in [1.82, 2.24) is 5.32 Å². The maximum absolute atomic E-state index is 10.4. The molecule has 1 aliphatic heterocycles. The molecule has 1 aromatic carbocycles. The second-order valence-corrected chi connectivity index (χ2v) is 5.43. The summed E-state index contributed by atoms with van der Waals surface area (Å²) in [6.07, 6.45) is 1.39. The largest absolute Gasteiger partial charge is 0.491 e. The highest BCUT2D eigenvalue weighted by Crippen LogP contribution is 2.19. The zero-order chi connectivity index (χ0) is 15.0. The van der Waals surface area contributed by atoms with Crippen molar-refractivity contribution in [3.8, 4) is 5.75 Å². The quantitative estimate of drug-likeness (QED) is 0.709. The summed E-state index contributed by atoms with van der Waals surface area (Å²) in [6, 6.07) is 7.97. The molecule has 5 heteroatoms. The minimum absolute atomic E-state index is 0.549. The van der Waals surface area contributed by atoms with E-state index in [1.54, 1.807) is 7.11 Å². The Morgan fingerprint density at radius 2 is 2.10 bits per heavy atom. The molecular weight excluding hydrogens is 270 g/mol. The summed E-state index contributed by atoms with van der Waals surface area (Å²) in [6.45, 7) is 3.71. The summed E-state index contributed by atoms with van der Waals surface area (Å²) in [5.74, 6) is 0.844. The first-order valence-electron chi connectivity index (χ1n) is 7.43.